The summed E-state index contributed by atoms with van der Waals surface area (Å²) < 4.78 is 0. The van der Waals surface area contributed by atoms with Gasteiger partial charge in [-0.1, -0.05) is 26.2 Å². The zero-order chi connectivity index (χ0) is 11.3. The van der Waals surface area contributed by atoms with E-state index in [9.17, 15) is 4.79 Å². The van der Waals surface area contributed by atoms with Gasteiger partial charge in [0, 0.05) is 12.6 Å². The van der Waals surface area contributed by atoms with E-state index < -0.39 is 5.97 Å². The molecule has 3 nitrogen and oxygen atoms in total. The average molecular weight is 213 g/mol. The summed E-state index contributed by atoms with van der Waals surface area (Å²) in [6, 6.07) is 0.465. The average Bonchev–Trinajstić information content (AvgIpc) is 2.26. The maximum Gasteiger partial charge on any atom is 0.307 e. The Balaban J connectivity index is 2.22. The molecule has 0 aromatic heterocycles. The Kier molecular flexibility index (Phi) is 5.09. The minimum Gasteiger partial charge on any atom is -0.481 e. The highest BCUT2D eigenvalue weighted by Gasteiger charge is 2.20. The van der Waals surface area contributed by atoms with Crippen LogP contribution in [0, 0.1) is 11.8 Å². The van der Waals surface area contributed by atoms with Crippen molar-refractivity contribution in [1.29, 1.82) is 0 Å². The maximum absolute atomic E-state index is 10.6. The Morgan fingerprint density at radius 1 is 1.33 bits per heavy atom. The molecule has 1 aliphatic rings. The van der Waals surface area contributed by atoms with Crippen molar-refractivity contribution in [2.75, 3.05) is 6.54 Å². The molecule has 0 aromatic rings. The lowest BCUT2D eigenvalue weighted by molar-refractivity contribution is -0.141. The molecule has 1 rings (SSSR count). The third-order valence-electron chi connectivity index (χ3n) is 3.52. The standard InChI is InChI=1S/C12H23NO2/c1-9(12(14)15)8-13-10(2)11-6-4-3-5-7-11/h9-11,13H,3-8H2,1-2H3,(H,14,15)/t9?,10-/m0/s1. The van der Waals surface area contributed by atoms with Crippen molar-refractivity contribution >= 4 is 5.97 Å². The Labute approximate surface area is 92.3 Å². The highest BCUT2D eigenvalue weighted by molar-refractivity contribution is 5.69. The molecule has 0 aliphatic heterocycles. The molecule has 15 heavy (non-hydrogen) atoms. The van der Waals surface area contributed by atoms with Gasteiger partial charge in [-0.3, -0.25) is 4.79 Å². The van der Waals surface area contributed by atoms with Gasteiger partial charge in [-0.25, -0.2) is 0 Å². The second-order valence-electron chi connectivity index (χ2n) is 4.83. The van der Waals surface area contributed by atoms with Crippen molar-refractivity contribution in [1.82, 2.24) is 5.32 Å². The Morgan fingerprint density at radius 3 is 2.47 bits per heavy atom. The second-order valence-corrected chi connectivity index (χ2v) is 4.83. The molecule has 2 N–H and O–H groups in total. The molecule has 0 radical (unpaired) electrons. The van der Waals surface area contributed by atoms with Crippen LogP contribution in [0.5, 0.6) is 0 Å². The zero-order valence-corrected chi connectivity index (χ0v) is 9.83. The van der Waals surface area contributed by atoms with Crippen molar-refractivity contribution in [2.24, 2.45) is 11.8 Å². The van der Waals surface area contributed by atoms with Gasteiger partial charge in [0.25, 0.3) is 0 Å². The lowest BCUT2D eigenvalue weighted by Crippen LogP contribution is -2.38. The van der Waals surface area contributed by atoms with Gasteiger partial charge in [0.1, 0.15) is 0 Å². The monoisotopic (exact) mass is 213 g/mol. The minimum absolute atomic E-state index is 0.281. The zero-order valence-electron chi connectivity index (χ0n) is 9.83. The fraction of sp³-hybridized carbons (Fsp3) is 0.917. The summed E-state index contributed by atoms with van der Waals surface area (Å²) in [7, 11) is 0. The molecule has 0 aromatic carbocycles. The molecule has 1 unspecified atom stereocenters. The van der Waals surface area contributed by atoms with Crippen LogP contribution in [0.4, 0.5) is 0 Å². The number of nitrogens with one attached hydrogen (secondary N) is 1. The molecule has 0 amide bonds. The summed E-state index contributed by atoms with van der Waals surface area (Å²) >= 11 is 0. The van der Waals surface area contributed by atoms with Crippen LogP contribution >= 0.6 is 0 Å². The molecule has 1 saturated carbocycles. The first-order chi connectivity index (χ1) is 7.11. The van der Waals surface area contributed by atoms with E-state index in [1.807, 2.05) is 0 Å². The topological polar surface area (TPSA) is 49.3 Å². The van der Waals surface area contributed by atoms with Gasteiger partial charge in [0.15, 0.2) is 0 Å². The number of hydrogen-bond donors (Lipinski definition) is 2. The first-order valence-corrected chi connectivity index (χ1v) is 6.07. The van der Waals surface area contributed by atoms with Crippen LogP contribution in [-0.2, 0) is 4.79 Å². The SMILES string of the molecule is CC(CN[C@@H](C)C1CCCCC1)C(=O)O. The highest BCUT2D eigenvalue weighted by atomic mass is 16.4. The molecule has 0 saturated heterocycles. The van der Waals surface area contributed by atoms with Gasteiger partial charge in [-0.05, 0) is 25.7 Å². The molecule has 1 fully saturated rings. The number of hydrogen-bond acceptors (Lipinski definition) is 2. The van der Waals surface area contributed by atoms with Crippen molar-refractivity contribution < 1.29 is 9.90 Å². The number of carboxylic acid groups (broad SMARTS) is 1. The summed E-state index contributed by atoms with van der Waals surface area (Å²) in [6.07, 6.45) is 6.65. The van der Waals surface area contributed by atoms with Crippen molar-refractivity contribution in [3.63, 3.8) is 0 Å². The largest absolute Gasteiger partial charge is 0.481 e. The molecular formula is C12H23NO2. The fourth-order valence-corrected chi connectivity index (χ4v) is 2.25. The van der Waals surface area contributed by atoms with Crippen LogP contribution in [0.25, 0.3) is 0 Å². The first kappa shape index (κ1) is 12.5. The number of rotatable bonds is 5. The number of carboxylic acids is 1. The van der Waals surface area contributed by atoms with E-state index in [-0.39, 0.29) is 5.92 Å². The van der Waals surface area contributed by atoms with E-state index in [1.54, 1.807) is 6.92 Å². The summed E-state index contributed by atoms with van der Waals surface area (Å²) in [6.45, 7) is 4.53. The summed E-state index contributed by atoms with van der Waals surface area (Å²) in [5, 5.41) is 12.1. The Bertz CT molecular complexity index is 200. The molecule has 88 valence electrons. The van der Waals surface area contributed by atoms with Crippen LogP contribution in [0.2, 0.25) is 0 Å². The predicted octanol–water partition coefficient (Wildman–Crippen LogP) is 2.27. The molecule has 3 heteroatoms. The molecule has 0 bridgehead atoms. The van der Waals surface area contributed by atoms with E-state index in [0.717, 1.165) is 5.92 Å². The van der Waals surface area contributed by atoms with Gasteiger partial charge in [-0.2, -0.15) is 0 Å². The first-order valence-electron chi connectivity index (χ1n) is 6.07. The smallest absolute Gasteiger partial charge is 0.307 e. The van der Waals surface area contributed by atoms with E-state index >= 15 is 0 Å². The lowest BCUT2D eigenvalue weighted by atomic mass is 9.84. The second kappa shape index (κ2) is 6.11. The van der Waals surface area contributed by atoms with Crippen LogP contribution in [0.1, 0.15) is 46.0 Å². The van der Waals surface area contributed by atoms with Gasteiger partial charge in [0.2, 0.25) is 0 Å². The highest BCUT2D eigenvalue weighted by Crippen LogP contribution is 2.26. The van der Waals surface area contributed by atoms with Crippen molar-refractivity contribution in [3.05, 3.63) is 0 Å². The normalized spacial score (nSPS) is 22.3. The third kappa shape index (κ3) is 4.20. The van der Waals surface area contributed by atoms with E-state index in [0.29, 0.717) is 12.6 Å². The maximum atomic E-state index is 10.6. The predicted molar refractivity (Wildman–Crippen MR) is 60.8 cm³/mol. The van der Waals surface area contributed by atoms with E-state index in [2.05, 4.69) is 12.2 Å². The molecule has 2 atom stereocenters. The van der Waals surface area contributed by atoms with E-state index in [4.69, 9.17) is 5.11 Å². The van der Waals surface area contributed by atoms with Gasteiger partial charge >= 0.3 is 5.97 Å². The van der Waals surface area contributed by atoms with Crippen LogP contribution in [-0.4, -0.2) is 23.7 Å². The van der Waals surface area contributed by atoms with Crippen LogP contribution in [0.3, 0.4) is 0 Å². The van der Waals surface area contributed by atoms with Crippen LogP contribution < -0.4 is 5.32 Å². The van der Waals surface area contributed by atoms with Gasteiger partial charge in [-0.15, -0.1) is 0 Å². The number of carbonyl (C=O) groups is 1. The molecule has 0 heterocycles. The Morgan fingerprint density at radius 2 is 1.93 bits per heavy atom. The lowest BCUT2D eigenvalue weighted by Gasteiger charge is -2.28. The third-order valence-corrected chi connectivity index (χ3v) is 3.52. The van der Waals surface area contributed by atoms with Gasteiger partial charge < -0.3 is 10.4 Å². The van der Waals surface area contributed by atoms with Crippen molar-refractivity contribution in [2.45, 2.75) is 52.0 Å². The fourth-order valence-electron chi connectivity index (χ4n) is 2.25. The van der Waals surface area contributed by atoms with Crippen LogP contribution in [0.15, 0.2) is 0 Å². The summed E-state index contributed by atoms with van der Waals surface area (Å²) in [5.74, 6) is -0.242. The molecular weight excluding hydrogens is 190 g/mol. The number of aliphatic carboxylic acids is 1. The minimum atomic E-state index is -0.710. The summed E-state index contributed by atoms with van der Waals surface area (Å²) in [5.41, 5.74) is 0. The summed E-state index contributed by atoms with van der Waals surface area (Å²) in [4.78, 5) is 10.6. The van der Waals surface area contributed by atoms with E-state index in [1.165, 1.54) is 32.1 Å². The Hall–Kier alpha value is -0.570. The quantitative estimate of drug-likeness (QED) is 0.736. The molecule has 1 aliphatic carbocycles. The van der Waals surface area contributed by atoms with Gasteiger partial charge in [0.05, 0.1) is 5.92 Å². The molecule has 0 spiro atoms. The van der Waals surface area contributed by atoms with Crippen molar-refractivity contribution in [3.8, 4) is 0 Å².